The Labute approximate surface area is 206 Å². The summed E-state index contributed by atoms with van der Waals surface area (Å²) in [7, 11) is 1.73. The minimum Gasteiger partial charge on any atom is -0.489 e. The number of rotatable bonds is 8. The summed E-state index contributed by atoms with van der Waals surface area (Å²) in [4.78, 5) is 18.6. The molecule has 0 spiro atoms. The molecular formula is C23H30ClIN4O2. The quantitative estimate of drug-likeness (QED) is 0.221. The SMILES string of the molecule is CN=C(NCCCC(=O)N1Cc2ccccc2C1)NCC(C)Oc1ccc(Cl)cc1.I. The van der Waals surface area contributed by atoms with Gasteiger partial charge < -0.3 is 20.3 Å². The average molecular weight is 557 g/mol. The highest BCUT2D eigenvalue weighted by Crippen LogP contribution is 2.22. The molecule has 1 aliphatic heterocycles. The molecule has 1 amide bonds. The molecule has 1 heterocycles. The van der Waals surface area contributed by atoms with Crippen LogP contribution in [0.4, 0.5) is 0 Å². The number of amides is 1. The Morgan fingerprint density at radius 3 is 2.39 bits per heavy atom. The van der Waals surface area contributed by atoms with Crippen LogP contribution in [0.1, 0.15) is 30.9 Å². The first-order chi connectivity index (χ1) is 14.5. The van der Waals surface area contributed by atoms with Gasteiger partial charge in [-0.25, -0.2) is 0 Å². The molecule has 0 bridgehead atoms. The summed E-state index contributed by atoms with van der Waals surface area (Å²) in [5, 5.41) is 7.19. The van der Waals surface area contributed by atoms with Gasteiger partial charge in [0.05, 0.1) is 6.54 Å². The van der Waals surface area contributed by atoms with Crippen LogP contribution in [-0.4, -0.2) is 43.0 Å². The Kier molecular flexibility index (Phi) is 10.4. The van der Waals surface area contributed by atoms with Crippen molar-refractivity contribution in [2.75, 3.05) is 20.1 Å². The van der Waals surface area contributed by atoms with Crippen LogP contribution in [0.25, 0.3) is 0 Å². The number of halogens is 2. The number of guanidine groups is 1. The lowest BCUT2D eigenvalue weighted by Gasteiger charge is -2.18. The molecule has 1 atom stereocenters. The van der Waals surface area contributed by atoms with Crippen molar-refractivity contribution in [3.05, 3.63) is 64.7 Å². The molecule has 6 nitrogen and oxygen atoms in total. The summed E-state index contributed by atoms with van der Waals surface area (Å²) < 4.78 is 5.85. The van der Waals surface area contributed by atoms with Gasteiger partial charge in [-0.3, -0.25) is 9.79 Å². The van der Waals surface area contributed by atoms with Crippen LogP contribution >= 0.6 is 35.6 Å². The fraction of sp³-hybridized carbons (Fsp3) is 0.391. The second-order valence-corrected chi connectivity index (χ2v) is 7.82. The molecule has 2 aromatic rings. The molecule has 31 heavy (non-hydrogen) atoms. The molecule has 8 heteroatoms. The zero-order valence-electron chi connectivity index (χ0n) is 17.9. The highest BCUT2D eigenvalue weighted by atomic mass is 127. The van der Waals surface area contributed by atoms with E-state index >= 15 is 0 Å². The van der Waals surface area contributed by atoms with E-state index in [-0.39, 0.29) is 36.0 Å². The van der Waals surface area contributed by atoms with E-state index in [1.54, 1.807) is 19.2 Å². The first kappa shape index (κ1) is 25.3. The third kappa shape index (κ3) is 7.88. The molecule has 0 aromatic heterocycles. The first-order valence-corrected chi connectivity index (χ1v) is 10.6. The zero-order valence-corrected chi connectivity index (χ0v) is 21.0. The van der Waals surface area contributed by atoms with E-state index < -0.39 is 0 Å². The standard InChI is InChI=1S/C23H29ClN4O2.HI/c1-17(30-21-11-9-20(24)10-12-21)14-27-23(25-2)26-13-5-8-22(29)28-15-18-6-3-4-7-19(18)16-28;/h3-4,6-7,9-12,17H,5,8,13-16H2,1-2H3,(H2,25,26,27);1H. The highest BCUT2D eigenvalue weighted by molar-refractivity contribution is 14.0. The minimum absolute atomic E-state index is 0. The van der Waals surface area contributed by atoms with Crippen molar-refractivity contribution in [2.24, 2.45) is 4.99 Å². The summed E-state index contributed by atoms with van der Waals surface area (Å²) in [6.45, 7) is 4.71. The lowest BCUT2D eigenvalue weighted by Crippen LogP contribution is -2.42. The normalized spacial score (nSPS) is 13.8. The molecule has 0 radical (unpaired) electrons. The number of hydrogen-bond acceptors (Lipinski definition) is 3. The van der Waals surface area contributed by atoms with Gasteiger partial charge in [-0.15, -0.1) is 24.0 Å². The van der Waals surface area contributed by atoms with Crippen LogP contribution in [-0.2, 0) is 17.9 Å². The third-order valence-electron chi connectivity index (χ3n) is 4.98. The average Bonchev–Trinajstić information content (AvgIpc) is 3.19. The van der Waals surface area contributed by atoms with Gasteiger partial charge in [0.1, 0.15) is 11.9 Å². The number of nitrogens with one attached hydrogen (secondary N) is 2. The number of fused-ring (bicyclic) bond motifs is 1. The van der Waals surface area contributed by atoms with Crippen LogP contribution in [0.3, 0.4) is 0 Å². The van der Waals surface area contributed by atoms with Gasteiger partial charge in [0.25, 0.3) is 0 Å². The zero-order chi connectivity index (χ0) is 21.3. The molecule has 1 aliphatic rings. The van der Waals surface area contributed by atoms with E-state index in [1.807, 2.05) is 36.1 Å². The topological polar surface area (TPSA) is 66.0 Å². The second-order valence-electron chi connectivity index (χ2n) is 7.38. The van der Waals surface area contributed by atoms with E-state index in [0.29, 0.717) is 30.5 Å². The fourth-order valence-electron chi connectivity index (χ4n) is 3.36. The molecule has 3 rings (SSSR count). The van der Waals surface area contributed by atoms with Gasteiger partial charge in [0, 0.05) is 38.1 Å². The number of aliphatic imine (C=N–C) groups is 1. The molecule has 0 aliphatic carbocycles. The summed E-state index contributed by atoms with van der Waals surface area (Å²) in [5.74, 6) is 1.67. The number of carbonyl (C=O) groups is 1. The molecule has 2 N–H and O–H groups in total. The Balaban J connectivity index is 0.00000341. The van der Waals surface area contributed by atoms with Crippen LogP contribution in [0.5, 0.6) is 5.75 Å². The van der Waals surface area contributed by atoms with Crippen molar-refractivity contribution >= 4 is 47.4 Å². The number of hydrogen-bond donors (Lipinski definition) is 2. The number of ether oxygens (including phenoxy) is 1. The molecule has 0 saturated heterocycles. The molecule has 0 saturated carbocycles. The van der Waals surface area contributed by atoms with Gasteiger partial charge in [-0.05, 0) is 48.7 Å². The summed E-state index contributed by atoms with van der Waals surface area (Å²) in [6, 6.07) is 15.5. The summed E-state index contributed by atoms with van der Waals surface area (Å²) >= 11 is 5.89. The number of nitrogens with zero attached hydrogens (tertiary/aromatic N) is 2. The summed E-state index contributed by atoms with van der Waals surface area (Å²) in [6.07, 6.45) is 1.24. The number of benzene rings is 2. The maximum atomic E-state index is 12.5. The molecular weight excluding hydrogens is 527 g/mol. The van der Waals surface area contributed by atoms with Gasteiger partial charge in [-0.1, -0.05) is 35.9 Å². The largest absolute Gasteiger partial charge is 0.489 e. The molecule has 2 aromatic carbocycles. The van der Waals surface area contributed by atoms with Gasteiger partial charge >= 0.3 is 0 Å². The van der Waals surface area contributed by atoms with Crippen LogP contribution in [0.15, 0.2) is 53.5 Å². The van der Waals surface area contributed by atoms with Crippen molar-refractivity contribution in [2.45, 2.75) is 39.0 Å². The van der Waals surface area contributed by atoms with E-state index in [4.69, 9.17) is 16.3 Å². The van der Waals surface area contributed by atoms with E-state index in [1.165, 1.54) is 11.1 Å². The lowest BCUT2D eigenvalue weighted by atomic mass is 10.1. The van der Waals surface area contributed by atoms with Crippen LogP contribution in [0.2, 0.25) is 5.02 Å². The highest BCUT2D eigenvalue weighted by Gasteiger charge is 2.22. The van der Waals surface area contributed by atoms with Crippen LogP contribution < -0.4 is 15.4 Å². The third-order valence-corrected chi connectivity index (χ3v) is 5.24. The van der Waals surface area contributed by atoms with E-state index in [9.17, 15) is 4.79 Å². The Morgan fingerprint density at radius 2 is 1.77 bits per heavy atom. The van der Waals surface area contributed by atoms with E-state index in [0.717, 1.165) is 25.3 Å². The monoisotopic (exact) mass is 556 g/mol. The maximum absolute atomic E-state index is 12.5. The predicted octanol–water partition coefficient (Wildman–Crippen LogP) is 4.21. The first-order valence-electron chi connectivity index (χ1n) is 10.3. The second kappa shape index (κ2) is 12.8. The molecule has 1 unspecified atom stereocenters. The van der Waals surface area contributed by atoms with Gasteiger partial charge in [-0.2, -0.15) is 0 Å². The Hall–Kier alpha value is -2.00. The van der Waals surface area contributed by atoms with Crippen molar-refractivity contribution in [3.63, 3.8) is 0 Å². The van der Waals surface area contributed by atoms with E-state index in [2.05, 4.69) is 27.8 Å². The van der Waals surface area contributed by atoms with Crippen molar-refractivity contribution in [1.29, 1.82) is 0 Å². The fourth-order valence-corrected chi connectivity index (χ4v) is 3.49. The summed E-state index contributed by atoms with van der Waals surface area (Å²) in [5.41, 5.74) is 2.51. The Morgan fingerprint density at radius 1 is 1.13 bits per heavy atom. The smallest absolute Gasteiger partial charge is 0.223 e. The number of carbonyl (C=O) groups excluding carboxylic acids is 1. The van der Waals surface area contributed by atoms with Crippen LogP contribution in [0, 0.1) is 0 Å². The van der Waals surface area contributed by atoms with Crippen molar-refractivity contribution < 1.29 is 9.53 Å². The predicted molar refractivity (Wildman–Crippen MR) is 136 cm³/mol. The lowest BCUT2D eigenvalue weighted by molar-refractivity contribution is -0.131. The molecule has 168 valence electrons. The van der Waals surface area contributed by atoms with Crippen molar-refractivity contribution in [1.82, 2.24) is 15.5 Å². The maximum Gasteiger partial charge on any atom is 0.223 e. The minimum atomic E-state index is -0.0388. The molecule has 0 fully saturated rings. The van der Waals surface area contributed by atoms with Gasteiger partial charge in [0.15, 0.2) is 5.96 Å². The Bertz CT molecular complexity index is 851. The van der Waals surface area contributed by atoms with Crippen molar-refractivity contribution in [3.8, 4) is 5.75 Å². The van der Waals surface area contributed by atoms with Gasteiger partial charge in [0.2, 0.25) is 5.91 Å².